The summed E-state index contributed by atoms with van der Waals surface area (Å²) >= 11 is 23.2. The molecule has 0 saturated heterocycles. The van der Waals surface area contributed by atoms with Gasteiger partial charge >= 0.3 is 0 Å². The maximum Gasteiger partial charge on any atom is 0.170 e. The molecule has 0 fully saturated rings. The van der Waals surface area contributed by atoms with Crippen molar-refractivity contribution in [2.75, 3.05) is 11.9 Å². The summed E-state index contributed by atoms with van der Waals surface area (Å²) < 4.78 is 1.82. The number of rotatable bonds is 5. The van der Waals surface area contributed by atoms with Crippen LogP contribution in [0.5, 0.6) is 0 Å². The molecule has 0 amide bonds. The van der Waals surface area contributed by atoms with E-state index in [9.17, 15) is 0 Å². The van der Waals surface area contributed by atoms with Crippen LogP contribution in [0.4, 0.5) is 5.69 Å². The molecule has 1 aromatic carbocycles. The third-order valence-electron chi connectivity index (χ3n) is 2.94. The molecule has 2 N–H and O–H groups in total. The molecule has 0 atom stereocenters. The Hall–Kier alpha value is -1.01. The van der Waals surface area contributed by atoms with Crippen molar-refractivity contribution in [3.63, 3.8) is 0 Å². The smallest absolute Gasteiger partial charge is 0.170 e. The molecule has 0 aliphatic carbocycles. The molecule has 0 saturated carbocycles. The fraction of sp³-hybridized carbons (Fsp3) is 0.286. The zero-order valence-corrected chi connectivity index (χ0v) is 15.0. The number of aryl methyl sites for hydroxylation is 2. The maximum atomic E-state index is 6.09. The van der Waals surface area contributed by atoms with Crippen LogP contribution in [-0.2, 0) is 6.54 Å². The molecule has 8 heteroatoms. The van der Waals surface area contributed by atoms with Crippen molar-refractivity contribution >= 4 is 57.8 Å². The number of nitrogens with zero attached hydrogens (tertiary/aromatic N) is 2. The molecule has 0 radical (unpaired) electrons. The van der Waals surface area contributed by atoms with Crippen LogP contribution in [0.25, 0.3) is 0 Å². The summed E-state index contributed by atoms with van der Waals surface area (Å²) in [6.07, 6.45) is 2.68. The van der Waals surface area contributed by atoms with Gasteiger partial charge in [-0.15, -0.1) is 0 Å². The molecule has 0 spiro atoms. The Bertz CT molecular complexity index is 653. The third-order valence-corrected chi connectivity index (χ3v) is 4.37. The zero-order chi connectivity index (χ0) is 16.1. The molecule has 4 nitrogen and oxygen atoms in total. The first kappa shape index (κ1) is 17.3. The van der Waals surface area contributed by atoms with E-state index in [1.165, 1.54) is 0 Å². The van der Waals surface area contributed by atoms with Gasteiger partial charge < -0.3 is 10.6 Å². The highest BCUT2D eigenvalue weighted by Crippen LogP contribution is 2.29. The fourth-order valence-electron chi connectivity index (χ4n) is 1.82. The van der Waals surface area contributed by atoms with E-state index in [1.54, 1.807) is 6.07 Å². The summed E-state index contributed by atoms with van der Waals surface area (Å²) in [4.78, 5) is 0. The highest BCUT2D eigenvalue weighted by Gasteiger charge is 2.06. The van der Waals surface area contributed by atoms with Gasteiger partial charge in [0.2, 0.25) is 0 Å². The van der Waals surface area contributed by atoms with E-state index in [2.05, 4.69) is 15.7 Å². The lowest BCUT2D eigenvalue weighted by Gasteiger charge is -2.12. The van der Waals surface area contributed by atoms with Gasteiger partial charge in [0.15, 0.2) is 5.11 Å². The van der Waals surface area contributed by atoms with Crippen LogP contribution in [0, 0.1) is 6.92 Å². The largest absolute Gasteiger partial charge is 0.362 e. The second-order valence-electron chi connectivity index (χ2n) is 4.66. The Morgan fingerprint density at radius 1 is 1.27 bits per heavy atom. The molecule has 1 aromatic heterocycles. The van der Waals surface area contributed by atoms with Crippen LogP contribution in [0.2, 0.25) is 15.1 Å². The lowest BCUT2D eigenvalue weighted by Crippen LogP contribution is -2.29. The van der Waals surface area contributed by atoms with Gasteiger partial charge in [0.05, 0.1) is 26.4 Å². The molecule has 0 unspecified atom stereocenters. The number of halogens is 3. The second kappa shape index (κ2) is 8.02. The zero-order valence-electron chi connectivity index (χ0n) is 11.9. The summed E-state index contributed by atoms with van der Waals surface area (Å²) in [6, 6.07) is 5.35. The van der Waals surface area contributed by atoms with E-state index >= 15 is 0 Å². The first-order chi connectivity index (χ1) is 10.5. The number of nitrogens with one attached hydrogen (secondary N) is 2. The number of anilines is 1. The Morgan fingerprint density at radius 3 is 2.73 bits per heavy atom. The van der Waals surface area contributed by atoms with Gasteiger partial charge in [-0.1, -0.05) is 40.9 Å². The molecule has 118 valence electrons. The molecule has 0 aliphatic rings. The molecular weight excluding hydrogens is 363 g/mol. The van der Waals surface area contributed by atoms with E-state index in [4.69, 9.17) is 47.0 Å². The lowest BCUT2D eigenvalue weighted by atomic mass is 10.3. The monoisotopic (exact) mass is 376 g/mol. The fourth-order valence-corrected chi connectivity index (χ4v) is 2.53. The number of hydrogen-bond acceptors (Lipinski definition) is 2. The van der Waals surface area contributed by atoms with Gasteiger partial charge in [0.25, 0.3) is 0 Å². The normalized spacial score (nSPS) is 10.5. The van der Waals surface area contributed by atoms with Crippen LogP contribution in [0.1, 0.15) is 12.1 Å². The lowest BCUT2D eigenvalue weighted by molar-refractivity contribution is 0.570. The minimum Gasteiger partial charge on any atom is -0.362 e. The van der Waals surface area contributed by atoms with Gasteiger partial charge in [0.1, 0.15) is 0 Å². The average Bonchev–Trinajstić information content (AvgIpc) is 2.79. The van der Waals surface area contributed by atoms with E-state index in [1.807, 2.05) is 29.9 Å². The van der Waals surface area contributed by atoms with Gasteiger partial charge in [-0.05, 0) is 37.7 Å². The predicted octanol–water partition coefficient (Wildman–Crippen LogP) is 4.53. The van der Waals surface area contributed by atoms with Crippen LogP contribution in [0.3, 0.4) is 0 Å². The van der Waals surface area contributed by atoms with E-state index < -0.39 is 0 Å². The molecule has 0 bridgehead atoms. The number of aromatic nitrogens is 2. The van der Waals surface area contributed by atoms with Crippen molar-refractivity contribution in [3.8, 4) is 0 Å². The summed E-state index contributed by atoms with van der Waals surface area (Å²) in [5.41, 5.74) is 1.52. The first-order valence-electron chi connectivity index (χ1n) is 6.66. The molecule has 2 rings (SSSR count). The van der Waals surface area contributed by atoms with Crippen molar-refractivity contribution < 1.29 is 0 Å². The highest BCUT2D eigenvalue weighted by molar-refractivity contribution is 7.80. The summed E-state index contributed by atoms with van der Waals surface area (Å²) in [5.74, 6) is 0. The third kappa shape index (κ3) is 4.74. The Morgan fingerprint density at radius 2 is 2.05 bits per heavy atom. The average molecular weight is 378 g/mol. The Kier molecular flexibility index (Phi) is 6.32. The number of benzene rings is 1. The van der Waals surface area contributed by atoms with E-state index in [0.717, 1.165) is 18.7 Å². The predicted molar refractivity (Wildman–Crippen MR) is 97.3 cm³/mol. The van der Waals surface area contributed by atoms with Gasteiger partial charge in [-0.25, -0.2) is 0 Å². The topological polar surface area (TPSA) is 41.9 Å². The second-order valence-corrected chi connectivity index (χ2v) is 6.26. The molecule has 0 aliphatic heterocycles. The van der Waals surface area contributed by atoms with Crippen molar-refractivity contribution in [2.24, 2.45) is 0 Å². The van der Waals surface area contributed by atoms with Crippen molar-refractivity contribution in [3.05, 3.63) is 45.2 Å². The standard InChI is InChI=1S/C14H15Cl3N4S/c1-9-11(16)8-21(20-9)7-3-6-18-14(22)19-12-5-2-4-10(15)13(12)17/h2,4-5,8H,3,6-7H2,1H3,(H2,18,19,22). The van der Waals surface area contributed by atoms with Crippen LogP contribution in [-0.4, -0.2) is 21.4 Å². The van der Waals surface area contributed by atoms with Gasteiger partial charge in [0, 0.05) is 19.3 Å². The summed E-state index contributed by atoms with van der Waals surface area (Å²) in [5, 5.41) is 12.5. The summed E-state index contributed by atoms with van der Waals surface area (Å²) in [6.45, 7) is 3.35. The van der Waals surface area contributed by atoms with E-state index in [-0.39, 0.29) is 0 Å². The molecule has 22 heavy (non-hydrogen) atoms. The maximum absolute atomic E-state index is 6.09. The first-order valence-corrected chi connectivity index (χ1v) is 8.20. The van der Waals surface area contributed by atoms with E-state index in [0.29, 0.717) is 32.4 Å². The minimum atomic E-state index is 0.454. The van der Waals surface area contributed by atoms with Gasteiger partial charge in [-0.2, -0.15) is 5.10 Å². The van der Waals surface area contributed by atoms with Crippen LogP contribution >= 0.6 is 47.0 Å². The highest BCUT2D eigenvalue weighted by atomic mass is 35.5. The van der Waals surface area contributed by atoms with Crippen LogP contribution < -0.4 is 10.6 Å². The van der Waals surface area contributed by atoms with Crippen LogP contribution in [0.15, 0.2) is 24.4 Å². The molecular formula is C14H15Cl3N4S. The summed E-state index contributed by atoms with van der Waals surface area (Å²) in [7, 11) is 0. The molecule has 2 aromatic rings. The minimum absolute atomic E-state index is 0.454. The Labute approximate surface area is 149 Å². The number of hydrogen-bond donors (Lipinski definition) is 2. The number of thiocarbonyl (C=S) groups is 1. The van der Waals surface area contributed by atoms with Crippen molar-refractivity contribution in [1.82, 2.24) is 15.1 Å². The SMILES string of the molecule is Cc1nn(CCCNC(=S)Nc2cccc(Cl)c2Cl)cc1Cl. The van der Waals surface area contributed by atoms with Gasteiger partial charge in [-0.3, -0.25) is 4.68 Å². The van der Waals surface area contributed by atoms with Crippen molar-refractivity contribution in [2.45, 2.75) is 19.9 Å². The molecule has 1 heterocycles. The quantitative estimate of drug-likeness (QED) is 0.593. The Balaban J connectivity index is 1.75. The van der Waals surface area contributed by atoms with Crippen molar-refractivity contribution in [1.29, 1.82) is 0 Å².